The number of hydrogen-bond acceptors (Lipinski definition) is 3. The lowest BCUT2D eigenvalue weighted by Gasteiger charge is -2.22. The number of carbonyl (C=O) groups excluding carboxylic acids is 1. The number of para-hydroxylation sites is 1. The summed E-state index contributed by atoms with van der Waals surface area (Å²) >= 11 is 0. The summed E-state index contributed by atoms with van der Waals surface area (Å²) in [6.45, 7) is 0. The molecule has 0 amide bonds. The minimum absolute atomic E-state index is 0.358. The van der Waals surface area contributed by atoms with Crippen LogP contribution >= 0.6 is 0 Å². The van der Waals surface area contributed by atoms with Gasteiger partial charge in [-0.25, -0.2) is 17.6 Å². The Bertz CT molecular complexity index is 1240. The first kappa shape index (κ1) is 22.6. The Morgan fingerprint density at radius 1 is 0.879 bits per heavy atom. The molecule has 0 saturated carbocycles. The van der Waals surface area contributed by atoms with E-state index in [-0.39, 0.29) is 0 Å². The first-order valence-electron chi connectivity index (χ1n) is 10.2. The van der Waals surface area contributed by atoms with Crippen molar-refractivity contribution in [1.29, 1.82) is 0 Å². The summed E-state index contributed by atoms with van der Waals surface area (Å²) in [5.41, 5.74) is 1.55. The molecule has 0 aromatic heterocycles. The monoisotopic (exact) mass is 456 g/mol. The van der Waals surface area contributed by atoms with Gasteiger partial charge in [0.25, 0.3) is 0 Å². The normalized spacial score (nSPS) is 17.6. The summed E-state index contributed by atoms with van der Waals surface area (Å²) in [4.78, 5) is 13.4. The van der Waals surface area contributed by atoms with E-state index in [9.17, 15) is 22.4 Å². The maximum atomic E-state index is 14.5. The van der Waals surface area contributed by atoms with Crippen molar-refractivity contribution in [3.8, 4) is 11.5 Å². The Hall–Kier alpha value is -3.61. The number of allylic oxidation sites excluding steroid dienone is 2. The first-order valence-corrected chi connectivity index (χ1v) is 10.2. The van der Waals surface area contributed by atoms with Crippen molar-refractivity contribution in [3.05, 3.63) is 101 Å². The van der Waals surface area contributed by atoms with Gasteiger partial charge in [0.2, 0.25) is 0 Å². The lowest BCUT2D eigenvalue weighted by molar-refractivity contribution is 0.0929. The molecule has 0 spiro atoms. The highest BCUT2D eigenvalue weighted by atomic mass is 19.2. The largest absolute Gasteiger partial charge is 0.493 e. The molecule has 1 aliphatic carbocycles. The summed E-state index contributed by atoms with van der Waals surface area (Å²) in [6, 6.07) is 12.0. The van der Waals surface area contributed by atoms with Gasteiger partial charge in [0.05, 0.1) is 19.8 Å². The summed E-state index contributed by atoms with van der Waals surface area (Å²) in [5, 5.41) is 0. The van der Waals surface area contributed by atoms with Crippen molar-refractivity contribution in [1.82, 2.24) is 0 Å². The van der Waals surface area contributed by atoms with Crippen LogP contribution in [0, 0.1) is 29.2 Å². The fourth-order valence-corrected chi connectivity index (χ4v) is 4.30. The maximum Gasteiger partial charge on any atom is 0.173 e. The molecule has 0 N–H and O–H groups in total. The molecule has 0 saturated heterocycles. The Kier molecular flexibility index (Phi) is 6.22. The number of ketones is 1. The summed E-state index contributed by atoms with van der Waals surface area (Å²) in [7, 11) is 2.95. The van der Waals surface area contributed by atoms with Crippen LogP contribution in [0.2, 0.25) is 0 Å². The van der Waals surface area contributed by atoms with E-state index in [4.69, 9.17) is 9.47 Å². The molecule has 2 atom stereocenters. The number of methoxy groups -OCH3 is 2. The van der Waals surface area contributed by atoms with E-state index in [1.807, 2.05) is 0 Å². The highest BCUT2D eigenvalue weighted by Gasteiger charge is 2.38. The standard InChI is InChI=1S/C26H20F4O3/c1-32-24-5-3-4-17(26(24)33-2)18-10-15(14-6-8-16(27)9-7-14)11-19(18)25(31)20-12-22(29)23(30)13-21(20)28/h3-9,11-13,18-19H,10H2,1-2H3. The zero-order valence-electron chi connectivity index (χ0n) is 17.9. The molecule has 0 aliphatic heterocycles. The lowest BCUT2D eigenvalue weighted by atomic mass is 9.82. The molecular formula is C26H20F4O3. The molecule has 3 aromatic rings. The highest BCUT2D eigenvalue weighted by Crippen LogP contribution is 2.48. The van der Waals surface area contributed by atoms with Crippen LogP contribution in [0.3, 0.4) is 0 Å². The summed E-state index contributed by atoms with van der Waals surface area (Å²) < 4.78 is 66.1. The minimum atomic E-state index is -1.37. The molecule has 7 heteroatoms. The molecule has 3 nitrogen and oxygen atoms in total. The van der Waals surface area contributed by atoms with Gasteiger partial charge in [-0.1, -0.05) is 30.3 Å². The van der Waals surface area contributed by atoms with Crippen molar-refractivity contribution in [2.75, 3.05) is 14.2 Å². The van der Waals surface area contributed by atoms with E-state index in [0.29, 0.717) is 41.2 Å². The summed E-state index contributed by atoms with van der Waals surface area (Å²) in [5.74, 6) is -5.45. The predicted molar refractivity (Wildman–Crippen MR) is 115 cm³/mol. The van der Waals surface area contributed by atoms with E-state index in [0.717, 1.165) is 5.57 Å². The zero-order valence-corrected chi connectivity index (χ0v) is 17.9. The number of rotatable bonds is 6. The topological polar surface area (TPSA) is 35.5 Å². The number of halogens is 4. The van der Waals surface area contributed by atoms with Crippen LogP contribution in [-0.4, -0.2) is 20.0 Å². The van der Waals surface area contributed by atoms with Crippen LogP contribution in [0.4, 0.5) is 17.6 Å². The van der Waals surface area contributed by atoms with Gasteiger partial charge in [0.1, 0.15) is 11.6 Å². The van der Waals surface area contributed by atoms with E-state index in [1.54, 1.807) is 36.4 Å². The molecule has 0 fully saturated rings. The number of benzene rings is 3. The molecule has 1 aliphatic rings. The van der Waals surface area contributed by atoms with Crippen LogP contribution in [0.1, 0.15) is 33.8 Å². The van der Waals surface area contributed by atoms with Gasteiger partial charge in [0, 0.05) is 23.5 Å². The van der Waals surface area contributed by atoms with E-state index >= 15 is 0 Å². The molecule has 4 rings (SSSR count). The van der Waals surface area contributed by atoms with E-state index in [1.165, 1.54) is 26.4 Å². The maximum absolute atomic E-state index is 14.5. The average Bonchev–Trinajstić information content (AvgIpc) is 3.26. The van der Waals surface area contributed by atoms with Gasteiger partial charge in [-0.3, -0.25) is 4.79 Å². The average molecular weight is 456 g/mol. The number of ether oxygens (including phenoxy) is 2. The quantitative estimate of drug-likeness (QED) is 0.247. The SMILES string of the molecule is COc1cccc(C2CC(c3ccc(F)cc3)=CC2C(=O)c2cc(F)c(F)cc2F)c1OC. The first-order chi connectivity index (χ1) is 15.8. The second-order valence-corrected chi connectivity index (χ2v) is 7.73. The van der Waals surface area contributed by atoms with Crippen LogP contribution in [0.25, 0.3) is 5.57 Å². The van der Waals surface area contributed by atoms with Gasteiger partial charge >= 0.3 is 0 Å². The number of Topliss-reactive ketones (excluding diaryl/α,β-unsaturated/α-hetero) is 1. The molecule has 170 valence electrons. The van der Waals surface area contributed by atoms with Crippen LogP contribution in [0.15, 0.2) is 60.7 Å². The van der Waals surface area contributed by atoms with E-state index < -0.39 is 46.5 Å². The molecule has 2 unspecified atom stereocenters. The highest BCUT2D eigenvalue weighted by molar-refractivity contribution is 6.01. The van der Waals surface area contributed by atoms with Crippen molar-refractivity contribution >= 4 is 11.4 Å². The minimum Gasteiger partial charge on any atom is -0.493 e. The molecule has 0 radical (unpaired) electrons. The Labute approximate surface area is 188 Å². The van der Waals surface area contributed by atoms with E-state index in [2.05, 4.69) is 0 Å². The third-order valence-electron chi connectivity index (χ3n) is 5.88. The molecular weight excluding hydrogens is 436 g/mol. The Morgan fingerprint density at radius 2 is 1.58 bits per heavy atom. The fourth-order valence-electron chi connectivity index (χ4n) is 4.30. The molecule has 0 bridgehead atoms. The van der Waals surface area contributed by atoms with Crippen LogP contribution in [0.5, 0.6) is 11.5 Å². The van der Waals surface area contributed by atoms with Crippen LogP contribution < -0.4 is 9.47 Å². The number of hydrogen-bond donors (Lipinski definition) is 0. The molecule has 33 heavy (non-hydrogen) atoms. The van der Waals surface area contributed by atoms with Crippen LogP contribution in [-0.2, 0) is 0 Å². The third-order valence-corrected chi connectivity index (χ3v) is 5.88. The molecule has 3 aromatic carbocycles. The van der Waals surface area contributed by atoms with Gasteiger partial charge in [-0.05, 0) is 41.8 Å². The third kappa shape index (κ3) is 4.23. The zero-order chi connectivity index (χ0) is 23.7. The van der Waals surface area contributed by atoms with Crippen molar-refractivity contribution in [2.24, 2.45) is 5.92 Å². The van der Waals surface area contributed by atoms with Crippen molar-refractivity contribution in [3.63, 3.8) is 0 Å². The van der Waals surface area contributed by atoms with Gasteiger partial charge < -0.3 is 9.47 Å². The smallest absolute Gasteiger partial charge is 0.173 e. The number of carbonyl (C=O) groups is 1. The van der Waals surface area contributed by atoms with Crippen molar-refractivity contribution < 1.29 is 31.8 Å². The lowest BCUT2D eigenvalue weighted by Crippen LogP contribution is -2.20. The Balaban J connectivity index is 1.83. The Morgan fingerprint density at radius 3 is 2.24 bits per heavy atom. The van der Waals surface area contributed by atoms with Crippen molar-refractivity contribution in [2.45, 2.75) is 12.3 Å². The van der Waals surface area contributed by atoms with Gasteiger partial charge in [-0.2, -0.15) is 0 Å². The van der Waals surface area contributed by atoms with Gasteiger partial charge in [-0.15, -0.1) is 0 Å². The fraction of sp³-hybridized carbons (Fsp3) is 0.192. The summed E-state index contributed by atoms with van der Waals surface area (Å²) in [6.07, 6.45) is 2.02. The predicted octanol–water partition coefficient (Wildman–Crippen LogP) is 6.33. The second kappa shape index (κ2) is 9.10. The van der Waals surface area contributed by atoms with Gasteiger partial charge in [0.15, 0.2) is 28.9 Å². The molecule has 0 heterocycles. The second-order valence-electron chi connectivity index (χ2n) is 7.73.